The van der Waals surface area contributed by atoms with Gasteiger partial charge in [-0.2, -0.15) is 0 Å². The first-order valence-electron chi connectivity index (χ1n) is 4.58. The number of halogens is 1. The van der Waals surface area contributed by atoms with Crippen molar-refractivity contribution in [3.63, 3.8) is 0 Å². The number of aryl methyl sites for hydroxylation is 1. The first-order valence-corrected chi connectivity index (χ1v) is 6.44. The first kappa shape index (κ1) is 13.6. The summed E-state index contributed by atoms with van der Waals surface area (Å²) in [6.07, 6.45) is 0. The zero-order valence-electron chi connectivity index (χ0n) is 9.24. The Morgan fingerprint density at radius 2 is 2.00 bits per heavy atom. The summed E-state index contributed by atoms with van der Waals surface area (Å²) < 4.78 is 25.3. The summed E-state index contributed by atoms with van der Waals surface area (Å²) in [5.41, 5.74) is 6.22. The van der Waals surface area contributed by atoms with Crippen molar-refractivity contribution in [3.8, 4) is 0 Å². The molecule has 0 saturated heterocycles. The molecule has 0 saturated carbocycles. The Hall–Kier alpha value is -1.47. The molecule has 0 radical (unpaired) electrons. The highest BCUT2D eigenvalue weighted by molar-refractivity contribution is 7.90. The fraction of sp³-hybridized carbons (Fsp3) is 0.222. The van der Waals surface area contributed by atoms with Crippen LogP contribution in [0.2, 0.25) is 5.02 Å². The van der Waals surface area contributed by atoms with E-state index in [0.717, 1.165) is 0 Å². The third-order valence-corrected chi connectivity index (χ3v) is 3.85. The molecule has 0 atom stereocenters. The Morgan fingerprint density at radius 3 is 2.47 bits per heavy atom. The molecule has 1 aromatic carbocycles. The average molecular weight is 278 g/mol. The second-order valence-corrected chi connectivity index (χ2v) is 5.39. The van der Waals surface area contributed by atoms with E-state index in [2.05, 4.69) is 5.32 Å². The van der Waals surface area contributed by atoms with Crippen LogP contribution in [0.15, 0.2) is 17.0 Å². The fourth-order valence-electron chi connectivity index (χ4n) is 1.15. The number of hydrogen-bond donors (Lipinski definition) is 3. The highest BCUT2D eigenvalue weighted by Crippen LogP contribution is 2.26. The topological polar surface area (TPSA) is 101 Å². The Kier molecular flexibility index (Phi) is 3.84. The standard InChI is InChI=1S/C9H12ClN3O3S/c1-5-3-6(4-7(11)8(5)10)17(15,16)13-9(14)12-2/h3-4H,11H2,1-2H3,(H2,12,13,14). The second kappa shape index (κ2) is 4.80. The van der Waals surface area contributed by atoms with E-state index in [1.807, 2.05) is 4.72 Å². The molecule has 0 heterocycles. The molecule has 1 rings (SSSR count). The van der Waals surface area contributed by atoms with Crippen LogP contribution in [0, 0.1) is 6.92 Å². The average Bonchev–Trinajstić information content (AvgIpc) is 2.24. The van der Waals surface area contributed by atoms with Crippen LogP contribution in [0.3, 0.4) is 0 Å². The monoisotopic (exact) mass is 277 g/mol. The molecule has 0 aliphatic carbocycles. The Balaban J connectivity index is 3.21. The molecule has 0 aliphatic heterocycles. The van der Waals surface area contributed by atoms with Crippen LogP contribution in [0.25, 0.3) is 0 Å². The third kappa shape index (κ3) is 3.01. The molecule has 0 fully saturated rings. The van der Waals surface area contributed by atoms with Gasteiger partial charge in [0.05, 0.1) is 15.6 Å². The lowest BCUT2D eigenvalue weighted by atomic mass is 10.2. The Bertz CT molecular complexity index is 534. The van der Waals surface area contributed by atoms with E-state index in [9.17, 15) is 13.2 Å². The van der Waals surface area contributed by atoms with Gasteiger partial charge < -0.3 is 11.1 Å². The second-order valence-electron chi connectivity index (χ2n) is 3.33. The van der Waals surface area contributed by atoms with Crippen LogP contribution in [0.5, 0.6) is 0 Å². The van der Waals surface area contributed by atoms with Crippen molar-refractivity contribution in [2.24, 2.45) is 0 Å². The number of rotatable bonds is 2. The van der Waals surface area contributed by atoms with Crippen molar-refractivity contribution in [2.45, 2.75) is 11.8 Å². The predicted molar refractivity (Wildman–Crippen MR) is 65.4 cm³/mol. The maximum atomic E-state index is 11.7. The minimum absolute atomic E-state index is 0.111. The van der Waals surface area contributed by atoms with Crippen molar-refractivity contribution in [2.75, 3.05) is 12.8 Å². The van der Waals surface area contributed by atoms with Gasteiger partial charge >= 0.3 is 6.03 Å². The van der Waals surface area contributed by atoms with Gasteiger partial charge in [-0.1, -0.05) is 11.6 Å². The molecule has 8 heteroatoms. The summed E-state index contributed by atoms with van der Waals surface area (Å²) in [6.45, 7) is 1.62. The molecule has 2 amide bonds. The predicted octanol–water partition coefficient (Wildman–Crippen LogP) is 0.848. The maximum absolute atomic E-state index is 11.7. The molecule has 6 nitrogen and oxygen atoms in total. The lowest BCUT2D eigenvalue weighted by molar-refractivity contribution is 0.248. The number of urea groups is 1. The number of nitrogens with one attached hydrogen (secondary N) is 2. The van der Waals surface area contributed by atoms with Crippen LogP contribution in [0.4, 0.5) is 10.5 Å². The zero-order valence-corrected chi connectivity index (χ0v) is 10.8. The van der Waals surface area contributed by atoms with Gasteiger partial charge in [-0.05, 0) is 24.6 Å². The molecule has 17 heavy (non-hydrogen) atoms. The maximum Gasteiger partial charge on any atom is 0.328 e. The van der Waals surface area contributed by atoms with E-state index < -0.39 is 16.1 Å². The lowest BCUT2D eigenvalue weighted by Crippen LogP contribution is -2.37. The number of anilines is 1. The van der Waals surface area contributed by atoms with E-state index in [-0.39, 0.29) is 10.6 Å². The van der Waals surface area contributed by atoms with Crippen molar-refractivity contribution in [1.29, 1.82) is 0 Å². The lowest BCUT2D eigenvalue weighted by Gasteiger charge is -2.09. The molecule has 4 N–H and O–H groups in total. The van der Waals surface area contributed by atoms with Crippen LogP contribution in [-0.2, 0) is 10.0 Å². The summed E-state index contributed by atoms with van der Waals surface area (Å²) >= 11 is 5.81. The molecular weight excluding hydrogens is 266 g/mol. The smallest absolute Gasteiger partial charge is 0.328 e. The number of nitrogens with two attached hydrogens (primary N) is 1. The first-order chi connectivity index (χ1) is 7.77. The summed E-state index contributed by atoms with van der Waals surface area (Å²) in [7, 11) is -2.62. The normalized spacial score (nSPS) is 11.0. The van der Waals surface area contributed by atoms with Crippen LogP contribution >= 0.6 is 11.6 Å². The summed E-state index contributed by atoms with van der Waals surface area (Å²) in [5, 5.41) is 2.44. The number of carbonyl (C=O) groups is 1. The van der Waals surface area contributed by atoms with Crippen molar-refractivity contribution >= 4 is 33.3 Å². The number of nitrogen functional groups attached to an aromatic ring is 1. The van der Waals surface area contributed by atoms with Gasteiger partial charge in [-0.15, -0.1) is 0 Å². The highest BCUT2D eigenvalue weighted by atomic mass is 35.5. The van der Waals surface area contributed by atoms with Crippen molar-refractivity contribution in [1.82, 2.24) is 10.0 Å². The number of benzene rings is 1. The van der Waals surface area contributed by atoms with Crippen molar-refractivity contribution < 1.29 is 13.2 Å². The quantitative estimate of drug-likeness (QED) is 0.698. The number of hydrogen-bond acceptors (Lipinski definition) is 4. The molecule has 0 unspecified atom stereocenters. The van der Waals surface area contributed by atoms with Gasteiger partial charge in [0.15, 0.2) is 0 Å². The van der Waals surface area contributed by atoms with E-state index in [1.54, 1.807) is 6.92 Å². The molecule has 0 spiro atoms. The third-order valence-electron chi connectivity index (χ3n) is 2.02. The van der Waals surface area contributed by atoms with Crippen LogP contribution < -0.4 is 15.8 Å². The fourth-order valence-corrected chi connectivity index (χ4v) is 2.34. The van der Waals surface area contributed by atoms with Gasteiger partial charge in [0, 0.05) is 7.05 Å². The molecule has 0 aliphatic rings. The number of carbonyl (C=O) groups excluding carboxylic acids is 1. The Morgan fingerprint density at radius 1 is 1.41 bits per heavy atom. The van der Waals surface area contributed by atoms with Gasteiger partial charge in [0.1, 0.15) is 0 Å². The van der Waals surface area contributed by atoms with E-state index in [1.165, 1.54) is 19.2 Å². The minimum Gasteiger partial charge on any atom is -0.397 e. The zero-order chi connectivity index (χ0) is 13.2. The summed E-state index contributed by atoms with van der Waals surface area (Å²) in [4.78, 5) is 10.9. The SMILES string of the molecule is CNC(=O)NS(=O)(=O)c1cc(C)c(Cl)c(N)c1. The highest BCUT2D eigenvalue weighted by Gasteiger charge is 2.18. The summed E-state index contributed by atoms with van der Waals surface area (Å²) in [6, 6.07) is 1.71. The van der Waals surface area contributed by atoms with Gasteiger partial charge in [0.2, 0.25) is 0 Å². The number of sulfonamides is 1. The minimum atomic E-state index is -3.93. The van der Waals surface area contributed by atoms with Crippen LogP contribution in [0.1, 0.15) is 5.56 Å². The van der Waals surface area contributed by atoms with Gasteiger partial charge in [-0.25, -0.2) is 17.9 Å². The molecule has 0 aromatic heterocycles. The number of amides is 2. The molecule has 94 valence electrons. The van der Waals surface area contributed by atoms with Crippen molar-refractivity contribution in [3.05, 3.63) is 22.7 Å². The molecule has 0 bridgehead atoms. The van der Waals surface area contributed by atoms with E-state index in [4.69, 9.17) is 17.3 Å². The van der Waals surface area contributed by atoms with Gasteiger partial charge in [0.25, 0.3) is 10.0 Å². The largest absolute Gasteiger partial charge is 0.397 e. The summed E-state index contributed by atoms with van der Waals surface area (Å²) in [5.74, 6) is 0. The van der Waals surface area contributed by atoms with Gasteiger partial charge in [-0.3, -0.25) is 0 Å². The molecule has 1 aromatic rings. The molecular formula is C9H12ClN3O3S. The van der Waals surface area contributed by atoms with E-state index >= 15 is 0 Å². The Labute approximate surface area is 104 Å². The van der Waals surface area contributed by atoms with E-state index in [0.29, 0.717) is 10.6 Å². The van der Waals surface area contributed by atoms with Crippen LogP contribution in [-0.4, -0.2) is 21.5 Å².